The van der Waals surface area contributed by atoms with Crippen LogP contribution in [0, 0.1) is 0 Å². The fraction of sp³-hybridized carbons (Fsp3) is 0.500. The number of benzene rings is 1. The zero-order valence-corrected chi connectivity index (χ0v) is 15.2. The van der Waals surface area contributed by atoms with Crippen LogP contribution in [0.25, 0.3) is 11.3 Å². The Morgan fingerprint density at radius 2 is 1.88 bits per heavy atom. The second-order valence-corrected chi connectivity index (χ2v) is 7.69. The zero-order valence-electron chi connectivity index (χ0n) is 15.2. The van der Waals surface area contributed by atoms with E-state index < -0.39 is 5.60 Å². The minimum Gasteiger partial charge on any atom is -0.507 e. The molecule has 6 nitrogen and oxygen atoms in total. The normalized spacial score (nSPS) is 24.5. The summed E-state index contributed by atoms with van der Waals surface area (Å²) in [6.07, 6.45) is 5.59. The molecule has 0 amide bonds. The predicted molar refractivity (Wildman–Crippen MR) is 99.6 cm³/mol. The predicted octanol–water partition coefficient (Wildman–Crippen LogP) is 3.06. The quantitative estimate of drug-likeness (QED) is 0.781. The Hall–Kier alpha value is -2.34. The number of aliphatic hydroxyl groups is 1. The van der Waals surface area contributed by atoms with Crippen molar-refractivity contribution in [2.24, 2.45) is 0 Å². The highest BCUT2D eigenvalue weighted by molar-refractivity contribution is 5.73. The van der Waals surface area contributed by atoms with Gasteiger partial charge >= 0.3 is 0 Å². The van der Waals surface area contributed by atoms with Gasteiger partial charge in [-0.1, -0.05) is 0 Å². The zero-order chi connectivity index (χ0) is 18.3. The van der Waals surface area contributed by atoms with Gasteiger partial charge < -0.3 is 20.3 Å². The van der Waals surface area contributed by atoms with Crippen molar-refractivity contribution < 1.29 is 14.9 Å². The number of fused-ring (bicyclic) bond motifs is 1. The summed E-state index contributed by atoms with van der Waals surface area (Å²) in [6, 6.07) is 5.51. The van der Waals surface area contributed by atoms with Gasteiger partial charge in [0, 0.05) is 23.2 Å². The van der Waals surface area contributed by atoms with Crippen molar-refractivity contribution in [3.63, 3.8) is 0 Å². The Morgan fingerprint density at radius 3 is 2.54 bits per heavy atom. The van der Waals surface area contributed by atoms with Crippen LogP contribution in [0.15, 0.2) is 18.2 Å². The minimum atomic E-state index is -0.569. The maximum atomic E-state index is 10.4. The molecule has 0 bridgehead atoms. The number of phenolic OH excluding ortho intramolecular Hbond substituents is 1. The first kappa shape index (κ1) is 17.1. The first-order valence-electron chi connectivity index (χ1n) is 9.21. The molecular weight excluding hydrogens is 330 g/mol. The average molecular weight is 355 g/mol. The third-order valence-corrected chi connectivity index (χ3v) is 5.46. The number of rotatable bonds is 4. The van der Waals surface area contributed by atoms with Crippen LogP contribution in [0.4, 0.5) is 5.82 Å². The van der Waals surface area contributed by atoms with E-state index in [1.807, 2.05) is 19.1 Å². The summed E-state index contributed by atoms with van der Waals surface area (Å²) in [5.41, 5.74) is 3.24. The number of methoxy groups -OCH3 is 1. The highest BCUT2D eigenvalue weighted by Gasteiger charge is 2.39. The van der Waals surface area contributed by atoms with Crippen molar-refractivity contribution in [1.29, 1.82) is 0 Å². The largest absolute Gasteiger partial charge is 0.507 e. The number of aromatic nitrogens is 2. The van der Waals surface area contributed by atoms with E-state index in [1.165, 1.54) is 11.1 Å². The van der Waals surface area contributed by atoms with Gasteiger partial charge in [0.15, 0.2) is 5.82 Å². The molecule has 0 radical (unpaired) electrons. The third kappa shape index (κ3) is 3.09. The summed E-state index contributed by atoms with van der Waals surface area (Å²) >= 11 is 0. The van der Waals surface area contributed by atoms with Crippen LogP contribution in [0.5, 0.6) is 11.5 Å². The van der Waals surface area contributed by atoms with Crippen LogP contribution >= 0.6 is 0 Å². The molecule has 3 N–H and O–H groups in total. The molecule has 0 aliphatic heterocycles. The topological polar surface area (TPSA) is 87.5 Å². The van der Waals surface area contributed by atoms with Crippen molar-refractivity contribution in [1.82, 2.24) is 10.2 Å². The molecule has 1 heterocycles. The standard InChI is InChI=1S/C20H25N3O3/c1-20(25)10-12(11-20)21-19-15-6-4-3-5-14(15)18(22-23-19)16-8-7-13(26-2)9-17(16)24/h7-9,12,24-25H,3-6,10-11H2,1-2H3,(H,21,23). The number of ether oxygens (including phenoxy) is 1. The maximum absolute atomic E-state index is 10.4. The number of aromatic hydroxyl groups is 1. The first-order chi connectivity index (χ1) is 12.5. The molecule has 0 unspecified atom stereocenters. The summed E-state index contributed by atoms with van der Waals surface area (Å²) in [4.78, 5) is 0. The molecule has 1 saturated carbocycles. The van der Waals surface area contributed by atoms with Crippen molar-refractivity contribution in [2.45, 2.75) is 57.1 Å². The molecule has 26 heavy (non-hydrogen) atoms. The van der Waals surface area contributed by atoms with Crippen molar-refractivity contribution in [3.05, 3.63) is 29.3 Å². The Bertz CT molecular complexity index is 827. The first-order valence-corrected chi connectivity index (χ1v) is 9.21. The Balaban J connectivity index is 1.69. The molecule has 2 aliphatic rings. The van der Waals surface area contributed by atoms with Gasteiger partial charge in [-0.2, -0.15) is 0 Å². The van der Waals surface area contributed by atoms with E-state index in [1.54, 1.807) is 13.2 Å². The van der Waals surface area contributed by atoms with E-state index in [0.717, 1.165) is 50.0 Å². The molecule has 1 aromatic carbocycles. The number of phenols is 1. The highest BCUT2D eigenvalue weighted by atomic mass is 16.5. The lowest BCUT2D eigenvalue weighted by Gasteiger charge is -2.41. The second-order valence-electron chi connectivity index (χ2n) is 7.69. The molecule has 0 spiro atoms. The van der Waals surface area contributed by atoms with Gasteiger partial charge in [-0.05, 0) is 63.1 Å². The molecule has 138 valence electrons. The number of hydrogen-bond donors (Lipinski definition) is 3. The van der Waals surface area contributed by atoms with E-state index in [-0.39, 0.29) is 11.8 Å². The SMILES string of the molecule is COc1ccc(-c2nnc(NC3CC(C)(O)C3)c3c2CCCC3)c(O)c1. The van der Waals surface area contributed by atoms with E-state index in [9.17, 15) is 10.2 Å². The smallest absolute Gasteiger partial charge is 0.152 e. The van der Waals surface area contributed by atoms with Crippen molar-refractivity contribution >= 4 is 5.82 Å². The summed E-state index contributed by atoms with van der Waals surface area (Å²) in [5.74, 6) is 1.60. The summed E-state index contributed by atoms with van der Waals surface area (Å²) in [5, 5.41) is 32.7. The van der Waals surface area contributed by atoms with Crippen LogP contribution in [-0.2, 0) is 12.8 Å². The highest BCUT2D eigenvalue weighted by Crippen LogP contribution is 2.39. The van der Waals surface area contributed by atoms with Crippen LogP contribution in [-0.4, -0.2) is 39.2 Å². The number of nitrogens with zero attached hydrogens (tertiary/aromatic N) is 2. The molecule has 1 fully saturated rings. The van der Waals surface area contributed by atoms with Gasteiger partial charge in [-0.25, -0.2) is 0 Å². The minimum absolute atomic E-state index is 0.155. The second kappa shape index (κ2) is 6.43. The summed E-state index contributed by atoms with van der Waals surface area (Å²) in [6.45, 7) is 1.86. The maximum Gasteiger partial charge on any atom is 0.152 e. The Labute approximate surface area is 153 Å². The Kier molecular flexibility index (Phi) is 4.23. The number of anilines is 1. The van der Waals surface area contributed by atoms with E-state index in [4.69, 9.17) is 4.74 Å². The van der Waals surface area contributed by atoms with Crippen molar-refractivity contribution in [2.75, 3.05) is 12.4 Å². The summed E-state index contributed by atoms with van der Waals surface area (Å²) < 4.78 is 5.17. The molecule has 2 aliphatic carbocycles. The van der Waals surface area contributed by atoms with Crippen LogP contribution in [0.1, 0.15) is 43.7 Å². The summed E-state index contributed by atoms with van der Waals surface area (Å²) in [7, 11) is 1.58. The van der Waals surface area contributed by atoms with Gasteiger partial charge in [-0.15, -0.1) is 10.2 Å². The molecule has 4 rings (SSSR count). The lowest BCUT2D eigenvalue weighted by Crippen LogP contribution is -2.48. The van der Waals surface area contributed by atoms with Gasteiger partial charge in [0.05, 0.1) is 12.7 Å². The Morgan fingerprint density at radius 1 is 1.15 bits per heavy atom. The molecule has 6 heteroatoms. The molecule has 1 aromatic heterocycles. The fourth-order valence-corrected chi connectivity index (χ4v) is 4.12. The van der Waals surface area contributed by atoms with E-state index in [2.05, 4.69) is 15.5 Å². The van der Waals surface area contributed by atoms with Crippen LogP contribution < -0.4 is 10.1 Å². The fourth-order valence-electron chi connectivity index (χ4n) is 4.12. The number of hydrogen-bond acceptors (Lipinski definition) is 6. The lowest BCUT2D eigenvalue weighted by molar-refractivity contribution is -0.0235. The molecule has 0 atom stereocenters. The molecular formula is C20H25N3O3. The van der Waals surface area contributed by atoms with Crippen LogP contribution in [0.3, 0.4) is 0 Å². The molecule has 0 saturated heterocycles. The van der Waals surface area contributed by atoms with E-state index >= 15 is 0 Å². The average Bonchev–Trinajstić information content (AvgIpc) is 2.61. The van der Waals surface area contributed by atoms with Crippen molar-refractivity contribution in [3.8, 4) is 22.8 Å². The number of nitrogens with one attached hydrogen (secondary N) is 1. The van der Waals surface area contributed by atoms with Gasteiger partial charge in [0.1, 0.15) is 17.2 Å². The lowest BCUT2D eigenvalue weighted by atomic mass is 9.77. The van der Waals surface area contributed by atoms with Gasteiger partial charge in [0.25, 0.3) is 0 Å². The van der Waals surface area contributed by atoms with E-state index in [0.29, 0.717) is 11.3 Å². The van der Waals surface area contributed by atoms with Crippen LogP contribution in [0.2, 0.25) is 0 Å². The third-order valence-electron chi connectivity index (χ3n) is 5.46. The monoisotopic (exact) mass is 355 g/mol. The van der Waals surface area contributed by atoms with Gasteiger partial charge in [-0.3, -0.25) is 0 Å². The van der Waals surface area contributed by atoms with Gasteiger partial charge in [0.2, 0.25) is 0 Å². The molecule has 2 aromatic rings.